The molecule has 7 nitrogen and oxygen atoms in total. The summed E-state index contributed by atoms with van der Waals surface area (Å²) in [5.74, 6) is 0.228. The zero-order chi connectivity index (χ0) is 17.9. The maximum absolute atomic E-state index is 12.6. The van der Waals surface area contributed by atoms with Crippen LogP contribution in [0.2, 0.25) is 0 Å². The Bertz CT molecular complexity index is 893. The molecular formula is C17H18N4O3S. The lowest BCUT2D eigenvalue weighted by Gasteiger charge is -2.23. The Kier molecular flexibility index (Phi) is 4.73. The van der Waals surface area contributed by atoms with E-state index >= 15 is 0 Å². The highest BCUT2D eigenvalue weighted by molar-refractivity contribution is 7.89. The SMILES string of the molecule is CC(=O)Nc1ccc(S(=O)(=O)NC2=CCNN2c2ccccc2)cc1. The molecule has 3 rings (SSSR count). The topological polar surface area (TPSA) is 90.5 Å². The number of rotatable bonds is 5. The third-order valence-electron chi connectivity index (χ3n) is 3.52. The van der Waals surface area contributed by atoms with Crippen molar-refractivity contribution in [1.82, 2.24) is 10.1 Å². The standard InChI is InChI=1S/C17H18N4O3S/c1-13(22)19-14-7-9-16(10-8-14)25(23,24)20-17-11-12-18-21(17)15-5-3-2-4-6-15/h2-11,18,20H,12H2,1H3,(H,19,22). The van der Waals surface area contributed by atoms with Crippen LogP contribution in [0.25, 0.3) is 0 Å². The number of hydrazine groups is 1. The Balaban J connectivity index is 1.78. The fourth-order valence-electron chi connectivity index (χ4n) is 2.42. The molecule has 3 N–H and O–H groups in total. The highest BCUT2D eigenvalue weighted by Crippen LogP contribution is 2.20. The smallest absolute Gasteiger partial charge is 0.263 e. The summed E-state index contributed by atoms with van der Waals surface area (Å²) in [4.78, 5) is 11.1. The van der Waals surface area contributed by atoms with Crippen molar-refractivity contribution >= 4 is 27.3 Å². The second kappa shape index (κ2) is 6.96. The zero-order valence-corrected chi connectivity index (χ0v) is 14.4. The molecule has 0 aromatic heterocycles. The lowest BCUT2D eigenvalue weighted by molar-refractivity contribution is -0.114. The van der Waals surface area contributed by atoms with Gasteiger partial charge in [0, 0.05) is 19.2 Å². The number of carbonyl (C=O) groups excluding carboxylic acids is 1. The second-order valence-electron chi connectivity index (χ2n) is 5.43. The molecule has 130 valence electrons. The van der Waals surface area contributed by atoms with Crippen LogP contribution < -0.4 is 20.5 Å². The number of amides is 1. The second-order valence-corrected chi connectivity index (χ2v) is 7.12. The summed E-state index contributed by atoms with van der Waals surface area (Å²) in [5.41, 5.74) is 4.46. The average molecular weight is 358 g/mol. The van der Waals surface area contributed by atoms with Crippen LogP contribution in [0.1, 0.15) is 6.92 Å². The van der Waals surface area contributed by atoms with E-state index in [1.807, 2.05) is 30.3 Å². The van der Waals surface area contributed by atoms with Crippen LogP contribution in [-0.4, -0.2) is 20.9 Å². The Morgan fingerprint density at radius 2 is 1.76 bits per heavy atom. The molecule has 0 aliphatic carbocycles. The van der Waals surface area contributed by atoms with Crippen LogP contribution in [-0.2, 0) is 14.8 Å². The van der Waals surface area contributed by atoms with Crippen molar-refractivity contribution in [3.63, 3.8) is 0 Å². The summed E-state index contributed by atoms with van der Waals surface area (Å²) in [6.45, 7) is 1.91. The molecule has 8 heteroatoms. The zero-order valence-electron chi connectivity index (χ0n) is 13.6. The lowest BCUT2D eigenvalue weighted by Crippen LogP contribution is -2.39. The molecule has 0 saturated carbocycles. The van der Waals surface area contributed by atoms with E-state index in [4.69, 9.17) is 0 Å². The number of nitrogens with one attached hydrogen (secondary N) is 3. The van der Waals surface area contributed by atoms with E-state index in [0.717, 1.165) is 5.69 Å². The summed E-state index contributed by atoms with van der Waals surface area (Å²) in [6.07, 6.45) is 1.76. The number of hydrogen-bond acceptors (Lipinski definition) is 5. The van der Waals surface area contributed by atoms with Gasteiger partial charge in [0.2, 0.25) is 5.91 Å². The van der Waals surface area contributed by atoms with Crippen LogP contribution in [0, 0.1) is 0 Å². The molecule has 1 amide bonds. The van der Waals surface area contributed by atoms with Gasteiger partial charge in [0.25, 0.3) is 10.0 Å². The van der Waals surface area contributed by atoms with Crippen LogP contribution in [0.5, 0.6) is 0 Å². The van der Waals surface area contributed by atoms with Crippen LogP contribution in [0.3, 0.4) is 0 Å². The number of benzene rings is 2. The summed E-state index contributed by atoms with van der Waals surface area (Å²) >= 11 is 0. The number of para-hydroxylation sites is 1. The molecule has 0 radical (unpaired) electrons. The highest BCUT2D eigenvalue weighted by atomic mass is 32.2. The number of nitrogens with zero attached hydrogens (tertiary/aromatic N) is 1. The number of anilines is 2. The first kappa shape index (κ1) is 17.0. The van der Waals surface area contributed by atoms with E-state index in [0.29, 0.717) is 18.1 Å². The molecule has 2 aromatic carbocycles. The third-order valence-corrected chi connectivity index (χ3v) is 4.89. The fraction of sp³-hybridized carbons (Fsp3) is 0.118. The Labute approximate surface area is 146 Å². The summed E-state index contributed by atoms with van der Waals surface area (Å²) in [5, 5.41) is 4.29. The van der Waals surface area contributed by atoms with Gasteiger partial charge in [-0.2, -0.15) is 0 Å². The van der Waals surface area contributed by atoms with Gasteiger partial charge in [-0.3, -0.25) is 14.5 Å². The fourth-order valence-corrected chi connectivity index (χ4v) is 3.48. The Morgan fingerprint density at radius 3 is 2.40 bits per heavy atom. The van der Waals surface area contributed by atoms with E-state index < -0.39 is 10.0 Å². The first-order valence-corrected chi connectivity index (χ1v) is 9.13. The van der Waals surface area contributed by atoms with E-state index in [1.165, 1.54) is 19.1 Å². The molecule has 0 saturated heterocycles. The van der Waals surface area contributed by atoms with Gasteiger partial charge in [0.1, 0.15) is 5.82 Å². The van der Waals surface area contributed by atoms with E-state index in [1.54, 1.807) is 23.2 Å². The molecule has 0 atom stereocenters. The van der Waals surface area contributed by atoms with E-state index in [2.05, 4.69) is 15.5 Å². The van der Waals surface area contributed by atoms with Gasteiger partial charge >= 0.3 is 0 Å². The average Bonchev–Trinajstić information content (AvgIpc) is 3.03. The molecule has 1 aliphatic rings. The number of sulfonamides is 1. The van der Waals surface area contributed by atoms with Gasteiger partial charge in [-0.15, -0.1) is 0 Å². The van der Waals surface area contributed by atoms with Crippen molar-refractivity contribution < 1.29 is 13.2 Å². The molecule has 1 heterocycles. The molecule has 1 aliphatic heterocycles. The van der Waals surface area contributed by atoms with E-state index in [9.17, 15) is 13.2 Å². The van der Waals surface area contributed by atoms with Crippen molar-refractivity contribution in [2.24, 2.45) is 0 Å². The quantitative estimate of drug-likeness (QED) is 0.758. The lowest BCUT2D eigenvalue weighted by atomic mass is 10.3. The van der Waals surface area contributed by atoms with Crippen molar-refractivity contribution in [2.45, 2.75) is 11.8 Å². The van der Waals surface area contributed by atoms with E-state index in [-0.39, 0.29) is 10.8 Å². The molecule has 0 fully saturated rings. The number of hydrogen-bond donors (Lipinski definition) is 3. The molecule has 25 heavy (non-hydrogen) atoms. The maximum atomic E-state index is 12.6. The Hall–Kier alpha value is -2.84. The minimum atomic E-state index is -3.74. The molecule has 0 spiro atoms. The first-order valence-electron chi connectivity index (χ1n) is 7.65. The van der Waals surface area contributed by atoms with Gasteiger partial charge in [-0.05, 0) is 42.5 Å². The first-order chi connectivity index (χ1) is 12.0. The summed E-state index contributed by atoms with van der Waals surface area (Å²) in [7, 11) is -3.74. The summed E-state index contributed by atoms with van der Waals surface area (Å²) < 4.78 is 27.8. The van der Waals surface area contributed by atoms with Gasteiger partial charge in [0.15, 0.2) is 0 Å². The molecule has 0 bridgehead atoms. The van der Waals surface area contributed by atoms with Crippen LogP contribution in [0.15, 0.2) is 71.4 Å². The predicted octanol–water partition coefficient (Wildman–Crippen LogP) is 1.79. The third kappa shape index (κ3) is 3.98. The van der Waals surface area contributed by atoms with Gasteiger partial charge in [-0.1, -0.05) is 18.2 Å². The monoisotopic (exact) mass is 358 g/mol. The van der Waals surface area contributed by atoms with Crippen molar-refractivity contribution in [3.05, 3.63) is 66.5 Å². The minimum Gasteiger partial charge on any atom is -0.326 e. The highest BCUT2D eigenvalue weighted by Gasteiger charge is 2.22. The molecule has 2 aromatic rings. The predicted molar refractivity (Wildman–Crippen MR) is 96.1 cm³/mol. The largest absolute Gasteiger partial charge is 0.326 e. The minimum absolute atomic E-state index is 0.113. The van der Waals surface area contributed by atoms with Gasteiger partial charge in [0.05, 0.1) is 10.6 Å². The normalized spacial score (nSPS) is 14.1. The van der Waals surface area contributed by atoms with Crippen molar-refractivity contribution in [3.8, 4) is 0 Å². The van der Waals surface area contributed by atoms with Crippen LogP contribution >= 0.6 is 0 Å². The Morgan fingerprint density at radius 1 is 1.08 bits per heavy atom. The maximum Gasteiger partial charge on any atom is 0.263 e. The molecular weight excluding hydrogens is 340 g/mol. The van der Waals surface area contributed by atoms with Crippen molar-refractivity contribution in [1.29, 1.82) is 0 Å². The van der Waals surface area contributed by atoms with Gasteiger partial charge in [-0.25, -0.2) is 13.8 Å². The number of carbonyl (C=O) groups is 1. The molecule has 0 unspecified atom stereocenters. The van der Waals surface area contributed by atoms with Gasteiger partial charge < -0.3 is 5.32 Å². The summed E-state index contributed by atoms with van der Waals surface area (Å²) in [6, 6.07) is 15.4. The van der Waals surface area contributed by atoms with Crippen molar-refractivity contribution in [2.75, 3.05) is 16.9 Å². The van der Waals surface area contributed by atoms with Crippen LogP contribution in [0.4, 0.5) is 11.4 Å².